The molecule has 0 bridgehead atoms. The maximum Gasteiger partial charge on any atom is 0.327 e. The second-order valence-corrected chi connectivity index (χ2v) is 5.68. The van der Waals surface area contributed by atoms with E-state index < -0.39 is 15.0 Å². The van der Waals surface area contributed by atoms with Crippen molar-refractivity contribution in [1.29, 1.82) is 0 Å². The van der Waals surface area contributed by atoms with Crippen molar-refractivity contribution >= 4 is 15.0 Å². The number of carboxylic acid groups (broad SMARTS) is 1. The van der Waals surface area contributed by atoms with Crippen LogP contribution in [-0.2, 0) is 9.22 Å². The van der Waals surface area contributed by atoms with E-state index in [0.717, 1.165) is 12.7 Å². The van der Waals surface area contributed by atoms with Crippen LogP contribution in [0, 0.1) is 0 Å². The molecule has 1 heterocycles. The van der Waals surface area contributed by atoms with Crippen molar-refractivity contribution in [3.05, 3.63) is 25.3 Å². The molecule has 1 unspecified atom stereocenters. The van der Waals surface area contributed by atoms with Gasteiger partial charge in [-0.05, 0) is 18.5 Å². The van der Waals surface area contributed by atoms with Gasteiger partial charge in [-0.2, -0.15) is 0 Å². The van der Waals surface area contributed by atoms with Gasteiger partial charge < -0.3 is 9.53 Å². The Labute approximate surface area is 86.8 Å². The Morgan fingerprint density at radius 1 is 1.50 bits per heavy atom. The summed E-state index contributed by atoms with van der Waals surface area (Å²) in [5, 5.41) is 7.60. The van der Waals surface area contributed by atoms with Crippen molar-refractivity contribution in [3.8, 4) is 0 Å². The quantitative estimate of drug-likeness (QED) is 0.444. The van der Waals surface area contributed by atoms with Crippen molar-refractivity contribution < 1.29 is 14.3 Å². The van der Waals surface area contributed by atoms with Gasteiger partial charge in [-0.25, -0.2) is 4.79 Å². The van der Waals surface area contributed by atoms with E-state index in [1.54, 1.807) is 0 Å². The number of allylic oxidation sites excluding steroid dienone is 1. The van der Waals surface area contributed by atoms with Gasteiger partial charge in [0, 0.05) is 12.7 Å². The minimum Gasteiger partial charge on any atom is -0.478 e. The molecule has 0 radical (unpaired) electrons. The van der Waals surface area contributed by atoms with Gasteiger partial charge in [-0.1, -0.05) is 19.1 Å². The number of hydrogen-bond donors (Lipinski definition) is 1. The third-order valence-corrected chi connectivity index (χ3v) is 4.50. The summed E-state index contributed by atoms with van der Waals surface area (Å²) in [5.74, 6) is -0.981. The monoisotopic (exact) mass is 214 g/mol. The Hall–Kier alpha value is -0.873. The van der Waals surface area contributed by atoms with E-state index in [9.17, 15) is 4.79 Å². The van der Waals surface area contributed by atoms with Crippen LogP contribution in [0.15, 0.2) is 25.3 Å². The molecule has 0 amide bonds. The smallest absolute Gasteiger partial charge is 0.327 e. The lowest BCUT2D eigenvalue weighted by Crippen LogP contribution is -2.21. The van der Waals surface area contributed by atoms with Crippen LogP contribution in [0.25, 0.3) is 0 Å². The van der Waals surface area contributed by atoms with Crippen LogP contribution < -0.4 is 0 Å². The molecule has 0 aromatic rings. The van der Waals surface area contributed by atoms with Gasteiger partial charge in [0.05, 0.1) is 0 Å². The number of carbonyl (C=O) groups is 1. The molecule has 80 valence electrons. The highest BCUT2D eigenvalue weighted by atomic mass is 28.3. The first-order valence-corrected chi connectivity index (χ1v) is 6.89. The Morgan fingerprint density at radius 2 is 2.14 bits per heavy atom. The summed E-state index contributed by atoms with van der Waals surface area (Å²) in [4.78, 5) is 9.25. The van der Waals surface area contributed by atoms with E-state index in [4.69, 9.17) is 9.53 Å². The molecule has 1 atom stereocenters. The average Bonchev–Trinajstić information content (AvgIpc) is 2.21. The second-order valence-electron chi connectivity index (χ2n) is 3.06. The van der Waals surface area contributed by atoms with Crippen LogP contribution in [0.2, 0.25) is 12.1 Å². The zero-order valence-corrected chi connectivity index (χ0v) is 9.60. The molecule has 1 aliphatic rings. The van der Waals surface area contributed by atoms with E-state index >= 15 is 0 Å². The zero-order chi connectivity index (χ0) is 10.8. The molecule has 1 saturated heterocycles. The van der Waals surface area contributed by atoms with Gasteiger partial charge in [0.2, 0.25) is 0 Å². The molecule has 0 aromatic heterocycles. The third-order valence-electron chi connectivity index (χ3n) is 1.88. The van der Waals surface area contributed by atoms with Gasteiger partial charge >= 0.3 is 5.97 Å². The first kappa shape index (κ1) is 13.1. The topological polar surface area (TPSA) is 46.5 Å². The minimum absolute atomic E-state index is 0.744. The Morgan fingerprint density at radius 3 is 2.50 bits per heavy atom. The third kappa shape index (κ3) is 7.76. The summed E-state index contributed by atoms with van der Waals surface area (Å²) >= 11 is 0. The number of carboxylic acids is 1. The largest absolute Gasteiger partial charge is 0.478 e. The molecular formula is C10H18O3Si. The molecule has 1 rings (SSSR count). The van der Waals surface area contributed by atoms with Crippen molar-refractivity contribution in [2.24, 2.45) is 0 Å². The Kier molecular flexibility index (Phi) is 8.17. The molecule has 1 aliphatic heterocycles. The minimum atomic E-state index is -0.981. The normalized spacial score (nSPS) is 20.1. The predicted molar refractivity (Wildman–Crippen MR) is 60.0 cm³/mol. The molecule has 1 fully saturated rings. The average molecular weight is 214 g/mol. The number of aliphatic carboxylic acids is 1. The number of rotatable bonds is 3. The molecular weight excluding hydrogens is 196 g/mol. The van der Waals surface area contributed by atoms with Crippen LogP contribution >= 0.6 is 0 Å². The van der Waals surface area contributed by atoms with Gasteiger partial charge in [0.15, 0.2) is 9.04 Å². The van der Waals surface area contributed by atoms with Crippen LogP contribution in [0.3, 0.4) is 0 Å². The zero-order valence-electron chi connectivity index (χ0n) is 8.45. The van der Waals surface area contributed by atoms with Crippen molar-refractivity contribution in [1.82, 2.24) is 0 Å². The molecule has 0 saturated carbocycles. The lowest BCUT2D eigenvalue weighted by molar-refractivity contribution is -0.131. The van der Waals surface area contributed by atoms with Crippen molar-refractivity contribution in [2.75, 3.05) is 6.61 Å². The highest BCUT2D eigenvalue weighted by Crippen LogP contribution is 2.13. The molecule has 0 spiro atoms. The first-order chi connectivity index (χ1) is 6.70. The second kappa shape index (κ2) is 8.71. The molecule has 3 nitrogen and oxygen atoms in total. The van der Waals surface area contributed by atoms with E-state index in [-0.39, 0.29) is 0 Å². The van der Waals surface area contributed by atoms with Crippen LogP contribution in [-0.4, -0.2) is 26.7 Å². The summed E-state index contributed by atoms with van der Waals surface area (Å²) in [5.41, 5.74) is 0. The maximum atomic E-state index is 9.25. The van der Waals surface area contributed by atoms with Crippen LogP contribution in [0.4, 0.5) is 0 Å². The van der Waals surface area contributed by atoms with E-state index in [2.05, 4.69) is 13.2 Å². The molecule has 0 aromatic carbocycles. The summed E-state index contributed by atoms with van der Waals surface area (Å²) in [7, 11) is -0.744. The fourth-order valence-corrected chi connectivity index (χ4v) is 3.33. The fourth-order valence-electron chi connectivity index (χ4n) is 1.18. The molecule has 0 aliphatic carbocycles. The van der Waals surface area contributed by atoms with E-state index in [1.165, 1.54) is 24.9 Å². The highest BCUT2D eigenvalue weighted by Gasteiger charge is 2.13. The molecule has 1 N–H and O–H groups in total. The van der Waals surface area contributed by atoms with Crippen molar-refractivity contribution in [3.63, 3.8) is 0 Å². The summed E-state index contributed by atoms with van der Waals surface area (Å²) < 4.78 is 5.59. The SMILES string of the molecule is C=CC(=O)O.C=CC[SiH]1CCCCO1. The van der Waals surface area contributed by atoms with Gasteiger partial charge in [-0.15, -0.1) is 6.58 Å². The fraction of sp³-hybridized carbons (Fsp3) is 0.500. The lowest BCUT2D eigenvalue weighted by atomic mass is 10.4. The predicted octanol–water partition coefficient (Wildman–Crippen LogP) is 1.96. The van der Waals surface area contributed by atoms with Crippen molar-refractivity contribution in [2.45, 2.75) is 24.9 Å². The Balaban J connectivity index is 0.000000292. The first-order valence-electron chi connectivity index (χ1n) is 4.78. The summed E-state index contributed by atoms with van der Waals surface area (Å²) in [6.07, 6.45) is 5.51. The van der Waals surface area contributed by atoms with Gasteiger partial charge in [-0.3, -0.25) is 0 Å². The summed E-state index contributed by atoms with van der Waals surface area (Å²) in [6, 6.07) is 2.53. The Bertz CT molecular complexity index is 186. The molecule has 14 heavy (non-hydrogen) atoms. The lowest BCUT2D eigenvalue weighted by Gasteiger charge is -2.19. The van der Waals surface area contributed by atoms with Gasteiger partial charge in [0.1, 0.15) is 0 Å². The van der Waals surface area contributed by atoms with Gasteiger partial charge in [0.25, 0.3) is 0 Å². The molecule has 4 heteroatoms. The highest BCUT2D eigenvalue weighted by molar-refractivity contribution is 6.52. The van der Waals surface area contributed by atoms with Crippen LogP contribution in [0.1, 0.15) is 12.8 Å². The van der Waals surface area contributed by atoms with E-state index in [1.807, 2.05) is 6.08 Å². The summed E-state index contributed by atoms with van der Waals surface area (Å²) in [6.45, 7) is 7.69. The standard InChI is InChI=1S/C7H14OSi.C3H4O2/c1-2-6-9-7-4-3-5-8-9;1-2-3(4)5/h2,9H,1,3-7H2;2H,1H2,(H,4,5). The van der Waals surface area contributed by atoms with Crippen LogP contribution in [0.5, 0.6) is 0 Å². The number of hydrogen-bond acceptors (Lipinski definition) is 2. The van der Waals surface area contributed by atoms with E-state index in [0.29, 0.717) is 0 Å². The maximum absolute atomic E-state index is 9.25.